The second-order valence-electron chi connectivity index (χ2n) is 5.78. The molecule has 136 valence electrons. The van der Waals surface area contributed by atoms with Crippen molar-refractivity contribution in [1.29, 1.82) is 0 Å². The zero-order chi connectivity index (χ0) is 18.2. The Balaban J connectivity index is 1.32. The van der Waals surface area contributed by atoms with Crippen molar-refractivity contribution in [1.82, 2.24) is 15.5 Å². The summed E-state index contributed by atoms with van der Waals surface area (Å²) in [5.74, 6) is 1.32. The summed E-state index contributed by atoms with van der Waals surface area (Å²) in [5.41, 5.74) is 0.703. The molecule has 1 aromatic carbocycles. The molecule has 0 aliphatic heterocycles. The van der Waals surface area contributed by atoms with E-state index in [0.717, 1.165) is 35.5 Å². The van der Waals surface area contributed by atoms with Gasteiger partial charge in [0.1, 0.15) is 0 Å². The Hall–Kier alpha value is -2.12. The standard InChI is InChI=1S/C19H21N3O2S2/c1-25-15-10-8-14(9-11-15)19(23)20-12-4-2-3-7-17-21-18(22-24-17)16-6-5-13-26-16/h5-6,8-11,13H,2-4,7,12H2,1H3,(H,20,23). The van der Waals surface area contributed by atoms with Gasteiger partial charge in [-0.2, -0.15) is 4.98 Å². The van der Waals surface area contributed by atoms with Crippen molar-refractivity contribution in [2.75, 3.05) is 12.8 Å². The number of hydrogen-bond acceptors (Lipinski definition) is 6. The average molecular weight is 388 g/mol. The molecule has 3 rings (SSSR count). The van der Waals surface area contributed by atoms with Gasteiger partial charge in [-0.1, -0.05) is 17.6 Å². The van der Waals surface area contributed by atoms with Gasteiger partial charge >= 0.3 is 0 Å². The van der Waals surface area contributed by atoms with Gasteiger partial charge in [0, 0.05) is 23.4 Å². The summed E-state index contributed by atoms with van der Waals surface area (Å²) >= 11 is 3.27. The molecule has 26 heavy (non-hydrogen) atoms. The summed E-state index contributed by atoms with van der Waals surface area (Å²) in [6.45, 7) is 0.674. The fourth-order valence-electron chi connectivity index (χ4n) is 2.49. The normalized spacial score (nSPS) is 10.8. The lowest BCUT2D eigenvalue weighted by Gasteiger charge is -2.05. The summed E-state index contributed by atoms with van der Waals surface area (Å²) in [4.78, 5) is 18.7. The lowest BCUT2D eigenvalue weighted by molar-refractivity contribution is 0.0953. The topological polar surface area (TPSA) is 68.0 Å². The van der Waals surface area contributed by atoms with E-state index in [2.05, 4.69) is 15.5 Å². The molecule has 0 unspecified atom stereocenters. The summed E-state index contributed by atoms with van der Waals surface area (Å²) in [6.07, 6.45) is 5.68. The molecule has 0 radical (unpaired) electrons. The number of benzene rings is 1. The highest BCUT2D eigenvalue weighted by atomic mass is 32.2. The van der Waals surface area contributed by atoms with E-state index in [0.29, 0.717) is 23.8 Å². The van der Waals surface area contributed by atoms with Gasteiger partial charge in [0.05, 0.1) is 4.88 Å². The van der Waals surface area contributed by atoms with E-state index in [9.17, 15) is 4.79 Å². The number of unbranched alkanes of at least 4 members (excludes halogenated alkanes) is 2. The molecular weight excluding hydrogens is 366 g/mol. The molecule has 0 fully saturated rings. The van der Waals surface area contributed by atoms with E-state index in [1.165, 1.54) is 0 Å². The molecule has 0 spiro atoms. The zero-order valence-corrected chi connectivity index (χ0v) is 16.2. The van der Waals surface area contributed by atoms with Crippen LogP contribution in [0.3, 0.4) is 0 Å². The number of nitrogens with one attached hydrogen (secondary N) is 1. The Kier molecular flexibility index (Phi) is 6.85. The van der Waals surface area contributed by atoms with Crippen molar-refractivity contribution in [2.45, 2.75) is 30.6 Å². The van der Waals surface area contributed by atoms with E-state index in [-0.39, 0.29) is 5.91 Å². The third-order valence-corrected chi connectivity index (χ3v) is 5.52. The van der Waals surface area contributed by atoms with Crippen LogP contribution in [0.2, 0.25) is 0 Å². The molecule has 0 aliphatic carbocycles. The Morgan fingerprint density at radius 2 is 2.04 bits per heavy atom. The minimum atomic E-state index is -0.0184. The highest BCUT2D eigenvalue weighted by Crippen LogP contribution is 2.21. The van der Waals surface area contributed by atoms with E-state index in [1.807, 2.05) is 48.0 Å². The Labute approximate surface area is 161 Å². The van der Waals surface area contributed by atoms with Gasteiger partial charge < -0.3 is 9.84 Å². The highest BCUT2D eigenvalue weighted by molar-refractivity contribution is 7.98. The van der Waals surface area contributed by atoms with Crippen LogP contribution in [-0.2, 0) is 6.42 Å². The van der Waals surface area contributed by atoms with Crippen molar-refractivity contribution in [3.63, 3.8) is 0 Å². The predicted molar refractivity (Wildman–Crippen MR) is 106 cm³/mol. The van der Waals surface area contributed by atoms with Gasteiger partial charge in [-0.3, -0.25) is 4.79 Å². The maximum atomic E-state index is 12.1. The number of carbonyl (C=O) groups is 1. The van der Waals surface area contributed by atoms with Crippen LogP contribution in [-0.4, -0.2) is 28.8 Å². The van der Waals surface area contributed by atoms with Crippen molar-refractivity contribution in [3.8, 4) is 10.7 Å². The van der Waals surface area contributed by atoms with E-state index >= 15 is 0 Å². The van der Waals surface area contributed by atoms with Crippen LogP contribution < -0.4 is 5.32 Å². The maximum Gasteiger partial charge on any atom is 0.251 e. The number of hydrogen-bond donors (Lipinski definition) is 1. The Morgan fingerprint density at radius 3 is 2.77 bits per heavy atom. The molecular formula is C19H21N3O2S2. The molecule has 0 bridgehead atoms. The second-order valence-corrected chi connectivity index (χ2v) is 7.61. The number of carbonyl (C=O) groups excluding carboxylic acids is 1. The molecule has 1 amide bonds. The SMILES string of the molecule is CSc1ccc(C(=O)NCCCCCc2nc(-c3cccs3)no2)cc1. The zero-order valence-electron chi connectivity index (χ0n) is 14.6. The van der Waals surface area contributed by atoms with Crippen LogP contribution in [0.1, 0.15) is 35.5 Å². The van der Waals surface area contributed by atoms with Crippen LogP contribution in [0.4, 0.5) is 0 Å². The minimum Gasteiger partial charge on any atom is -0.352 e. The first-order valence-electron chi connectivity index (χ1n) is 8.55. The predicted octanol–water partition coefficient (Wildman–Crippen LogP) is 4.66. The van der Waals surface area contributed by atoms with E-state index in [4.69, 9.17) is 4.52 Å². The molecule has 1 N–H and O–H groups in total. The molecule has 0 aliphatic rings. The Morgan fingerprint density at radius 1 is 1.19 bits per heavy atom. The number of aromatic nitrogens is 2. The van der Waals surface area contributed by atoms with Gasteiger partial charge in [0.15, 0.2) is 0 Å². The van der Waals surface area contributed by atoms with Gasteiger partial charge in [0.25, 0.3) is 5.91 Å². The van der Waals surface area contributed by atoms with Crippen LogP contribution in [0.5, 0.6) is 0 Å². The lowest BCUT2D eigenvalue weighted by Crippen LogP contribution is -2.24. The van der Waals surface area contributed by atoms with Gasteiger partial charge in [0.2, 0.25) is 11.7 Å². The van der Waals surface area contributed by atoms with Crippen LogP contribution in [0.15, 0.2) is 51.2 Å². The molecule has 0 saturated heterocycles. The molecule has 2 aromatic heterocycles. The third-order valence-electron chi connectivity index (χ3n) is 3.91. The van der Waals surface area contributed by atoms with Crippen molar-refractivity contribution in [3.05, 3.63) is 53.2 Å². The first-order chi connectivity index (χ1) is 12.8. The van der Waals surface area contributed by atoms with E-state index < -0.39 is 0 Å². The first-order valence-corrected chi connectivity index (χ1v) is 10.7. The molecule has 5 nitrogen and oxygen atoms in total. The number of thioether (sulfide) groups is 1. The largest absolute Gasteiger partial charge is 0.352 e. The number of nitrogens with zero attached hydrogens (tertiary/aromatic N) is 2. The molecule has 2 heterocycles. The number of rotatable bonds is 9. The lowest BCUT2D eigenvalue weighted by atomic mass is 10.2. The number of amides is 1. The number of thiophene rings is 1. The fourth-order valence-corrected chi connectivity index (χ4v) is 3.54. The molecule has 0 atom stereocenters. The second kappa shape index (κ2) is 9.54. The highest BCUT2D eigenvalue weighted by Gasteiger charge is 2.09. The summed E-state index contributed by atoms with van der Waals surface area (Å²) < 4.78 is 5.28. The fraction of sp³-hybridized carbons (Fsp3) is 0.316. The third kappa shape index (κ3) is 5.19. The molecule has 3 aromatic rings. The average Bonchev–Trinajstić information content (AvgIpc) is 3.36. The molecule has 7 heteroatoms. The Bertz CT molecular complexity index is 814. The maximum absolute atomic E-state index is 12.1. The van der Waals surface area contributed by atoms with Crippen molar-refractivity contribution < 1.29 is 9.32 Å². The minimum absolute atomic E-state index is 0.0184. The molecule has 0 saturated carbocycles. The first kappa shape index (κ1) is 18.7. The summed E-state index contributed by atoms with van der Waals surface area (Å²) in [6, 6.07) is 11.6. The monoisotopic (exact) mass is 387 g/mol. The van der Waals surface area contributed by atoms with Crippen molar-refractivity contribution >= 4 is 29.0 Å². The smallest absolute Gasteiger partial charge is 0.251 e. The van der Waals surface area contributed by atoms with Crippen LogP contribution >= 0.6 is 23.1 Å². The van der Waals surface area contributed by atoms with E-state index in [1.54, 1.807) is 23.1 Å². The number of aryl methyl sites for hydroxylation is 1. The summed E-state index contributed by atoms with van der Waals surface area (Å²) in [7, 11) is 0. The van der Waals surface area contributed by atoms with Crippen LogP contribution in [0.25, 0.3) is 10.7 Å². The van der Waals surface area contributed by atoms with Gasteiger partial charge in [-0.25, -0.2) is 0 Å². The summed E-state index contributed by atoms with van der Waals surface area (Å²) in [5, 5.41) is 8.97. The van der Waals surface area contributed by atoms with Gasteiger partial charge in [-0.15, -0.1) is 23.1 Å². The van der Waals surface area contributed by atoms with Gasteiger partial charge in [-0.05, 0) is 54.8 Å². The quantitative estimate of drug-likeness (QED) is 0.427. The van der Waals surface area contributed by atoms with Crippen molar-refractivity contribution in [2.24, 2.45) is 0 Å². The van der Waals surface area contributed by atoms with Crippen LogP contribution in [0, 0.1) is 0 Å².